The first kappa shape index (κ1) is 24.7. The zero-order valence-corrected chi connectivity index (χ0v) is 19.1. The van der Waals surface area contributed by atoms with Crippen LogP contribution in [-0.2, 0) is 19.8 Å². The van der Waals surface area contributed by atoms with E-state index in [0.717, 1.165) is 32.1 Å². The minimum atomic E-state index is -3.83. The molecule has 0 aromatic carbocycles. The van der Waals surface area contributed by atoms with Crippen LogP contribution in [0.5, 0.6) is 0 Å². The van der Waals surface area contributed by atoms with E-state index >= 15 is 0 Å². The number of likely N-dealkylation sites (tertiary alicyclic amines) is 2. The van der Waals surface area contributed by atoms with Gasteiger partial charge < -0.3 is 26.0 Å². The topological polar surface area (TPSA) is 181 Å². The van der Waals surface area contributed by atoms with Crippen molar-refractivity contribution in [2.45, 2.75) is 82.1 Å². The van der Waals surface area contributed by atoms with Crippen LogP contribution in [0.3, 0.4) is 0 Å². The van der Waals surface area contributed by atoms with Crippen molar-refractivity contribution in [1.82, 2.24) is 24.6 Å². The van der Waals surface area contributed by atoms with Crippen LogP contribution in [0.1, 0.15) is 57.8 Å². The zero-order chi connectivity index (χ0) is 23.3. The summed E-state index contributed by atoms with van der Waals surface area (Å²) in [6, 6.07) is -1.63. The number of guanidine groups is 1. The Morgan fingerprint density at radius 2 is 1.75 bits per heavy atom. The fourth-order valence-electron chi connectivity index (χ4n) is 4.68. The Kier molecular flexibility index (Phi) is 8.31. The SMILES string of the molecule is N=C(N)N1CCC[C@H](NC(=O)CN2CCC[C@H](NS(=O)(=O)NC3CCCCC3)C2=O)C1O. The second-order valence-electron chi connectivity index (χ2n) is 8.84. The number of aliphatic hydroxyl groups is 1. The summed E-state index contributed by atoms with van der Waals surface area (Å²) in [6.07, 6.45) is 5.68. The molecule has 1 saturated carbocycles. The van der Waals surface area contributed by atoms with Gasteiger partial charge in [-0.1, -0.05) is 19.3 Å². The largest absolute Gasteiger partial charge is 0.371 e. The summed E-state index contributed by atoms with van der Waals surface area (Å²) in [4.78, 5) is 28.0. The van der Waals surface area contributed by atoms with Crippen LogP contribution in [0, 0.1) is 5.41 Å². The Morgan fingerprint density at radius 3 is 2.44 bits per heavy atom. The molecule has 3 rings (SSSR count). The average molecular weight is 474 g/mol. The molecule has 3 fully saturated rings. The standard InChI is InChI=1S/C19H35N7O5S/c20-19(21)26-11-5-8-14(18(26)29)22-16(27)12-25-10-4-9-15(17(25)28)24-32(30,31)23-13-6-2-1-3-7-13/h13-15,18,23-24,29H,1-12H2,(H3,20,21)(H,22,27)/t14-,15-,18?/m0/s1. The zero-order valence-electron chi connectivity index (χ0n) is 18.3. The van der Waals surface area contributed by atoms with Gasteiger partial charge in [0, 0.05) is 19.1 Å². The van der Waals surface area contributed by atoms with Crippen molar-refractivity contribution in [3.8, 4) is 0 Å². The minimum Gasteiger partial charge on any atom is -0.371 e. The highest BCUT2D eigenvalue weighted by Crippen LogP contribution is 2.19. The lowest BCUT2D eigenvalue weighted by Crippen LogP contribution is -2.60. The molecule has 0 bridgehead atoms. The number of aliphatic hydroxyl groups excluding tert-OH is 1. The molecule has 182 valence electrons. The van der Waals surface area contributed by atoms with Crippen molar-refractivity contribution in [3.63, 3.8) is 0 Å². The van der Waals surface area contributed by atoms with Gasteiger partial charge in [-0.05, 0) is 38.5 Å². The van der Waals surface area contributed by atoms with Gasteiger partial charge in [-0.2, -0.15) is 17.9 Å². The summed E-state index contributed by atoms with van der Waals surface area (Å²) in [7, 11) is -3.83. The average Bonchev–Trinajstić information content (AvgIpc) is 2.72. The van der Waals surface area contributed by atoms with Crippen molar-refractivity contribution in [1.29, 1.82) is 5.41 Å². The van der Waals surface area contributed by atoms with Crippen molar-refractivity contribution < 1.29 is 23.1 Å². The van der Waals surface area contributed by atoms with Crippen molar-refractivity contribution >= 4 is 28.0 Å². The number of nitrogens with two attached hydrogens (primary N) is 1. The molecule has 0 radical (unpaired) electrons. The van der Waals surface area contributed by atoms with Crippen molar-refractivity contribution in [2.75, 3.05) is 19.6 Å². The Morgan fingerprint density at radius 1 is 1.06 bits per heavy atom. The number of amides is 2. The second-order valence-corrected chi connectivity index (χ2v) is 10.3. The second kappa shape index (κ2) is 10.8. The van der Waals surface area contributed by atoms with E-state index < -0.39 is 40.3 Å². The maximum absolute atomic E-state index is 12.8. The smallest absolute Gasteiger partial charge is 0.277 e. The predicted octanol–water partition coefficient (Wildman–Crippen LogP) is -1.47. The van der Waals surface area contributed by atoms with E-state index in [-0.39, 0.29) is 18.5 Å². The quantitative estimate of drug-likeness (QED) is 0.193. The van der Waals surface area contributed by atoms with Gasteiger partial charge in [0.2, 0.25) is 11.8 Å². The van der Waals surface area contributed by atoms with E-state index in [0.29, 0.717) is 38.8 Å². The van der Waals surface area contributed by atoms with Crippen LogP contribution in [-0.4, -0.2) is 85.1 Å². The summed E-state index contributed by atoms with van der Waals surface area (Å²) in [5.74, 6) is -1.15. The first-order valence-electron chi connectivity index (χ1n) is 11.3. The maximum atomic E-state index is 12.8. The third-order valence-corrected chi connectivity index (χ3v) is 7.58. The molecule has 2 amide bonds. The Balaban J connectivity index is 1.52. The molecule has 7 N–H and O–H groups in total. The molecule has 0 aromatic heterocycles. The molecule has 2 heterocycles. The Labute approximate surface area is 188 Å². The molecule has 13 heteroatoms. The first-order valence-corrected chi connectivity index (χ1v) is 12.8. The van der Waals surface area contributed by atoms with E-state index in [4.69, 9.17) is 11.1 Å². The van der Waals surface area contributed by atoms with Crippen molar-refractivity contribution in [2.24, 2.45) is 5.73 Å². The number of nitrogens with one attached hydrogen (secondary N) is 4. The third-order valence-electron chi connectivity index (χ3n) is 6.34. The molecule has 0 aromatic rings. The summed E-state index contributed by atoms with van der Waals surface area (Å²) >= 11 is 0. The fraction of sp³-hybridized carbons (Fsp3) is 0.842. The van der Waals surface area contributed by atoms with E-state index in [2.05, 4.69) is 14.8 Å². The van der Waals surface area contributed by atoms with Crippen LogP contribution in [0.4, 0.5) is 0 Å². The molecule has 2 aliphatic heterocycles. The van der Waals surface area contributed by atoms with Crippen LogP contribution in [0.25, 0.3) is 0 Å². The predicted molar refractivity (Wildman–Crippen MR) is 117 cm³/mol. The Bertz CT molecular complexity index is 802. The summed E-state index contributed by atoms with van der Waals surface area (Å²) in [5, 5.41) is 20.6. The Hall–Kier alpha value is -1.96. The van der Waals surface area contributed by atoms with E-state index in [1.54, 1.807) is 0 Å². The van der Waals surface area contributed by atoms with Gasteiger partial charge in [0.15, 0.2) is 5.96 Å². The number of hydrogen-bond donors (Lipinski definition) is 6. The molecular formula is C19H35N7O5S. The molecule has 1 aliphatic carbocycles. The molecule has 1 unspecified atom stereocenters. The number of nitrogens with zero attached hydrogens (tertiary/aromatic N) is 2. The van der Waals surface area contributed by atoms with Gasteiger partial charge in [-0.15, -0.1) is 0 Å². The number of carbonyl (C=O) groups excluding carboxylic acids is 2. The maximum Gasteiger partial charge on any atom is 0.277 e. The van der Waals surface area contributed by atoms with E-state index in [1.807, 2.05) is 0 Å². The monoisotopic (exact) mass is 473 g/mol. The van der Waals surface area contributed by atoms with Gasteiger partial charge in [0.05, 0.1) is 12.6 Å². The number of carbonyl (C=O) groups is 2. The lowest BCUT2D eigenvalue weighted by molar-refractivity contribution is -0.140. The molecule has 32 heavy (non-hydrogen) atoms. The minimum absolute atomic E-state index is 0.113. The van der Waals surface area contributed by atoms with Crippen LogP contribution in [0.15, 0.2) is 0 Å². The van der Waals surface area contributed by atoms with Gasteiger partial charge >= 0.3 is 0 Å². The highest BCUT2D eigenvalue weighted by atomic mass is 32.2. The molecule has 0 spiro atoms. The summed E-state index contributed by atoms with van der Waals surface area (Å²) in [6.45, 7) is 0.563. The number of rotatable bonds is 7. The third kappa shape index (κ3) is 6.53. The first-order chi connectivity index (χ1) is 15.2. The fourth-order valence-corrected chi connectivity index (χ4v) is 6.02. The van der Waals surface area contributed by atoms with Crippen LogP contribution >= 0.6 is 0 Å². The van der Waals surface area contributed by atoms with Crippen molar-refractivity contribution in [3.05, 3.63) is 0 Å². The molecule has 3 atom stereocenters. The normalized spacial score (nSPS) is 27.9. The molecule has 3 aliphatic rings. The van der Waals surface area contributed by atoms with Crippen LogP contribution < -0.4 is 20.5 Å². The van der Waals surface area contributed by atoms with E-state index in [9.17, 15) is 23.1 Å². The lowest BCUT2D eigenvalue weighted by Gasteiger charge is -2.39. The lowest BCUT2D eigenvalue weighted by atomic mass is 9.96. The molecular weight excluding hydrogens is 438 g/mol. The number of hydrogen-bond acceptors (Lipinski definition) is 6. The van der Waals surface area contributed by atoms with Gasteiger partial charge in [0.25, 0.3) is 10.2 Å². The van der Waals surface area contributed by atoms with Gasteiger partial charge in [0.1, 0.15) is 12.3 Å². The highest BCUT2D eigenvalue weighted by Gasteiger charge is 2.35. The highest BCUT2D eigenvalue weighted by molar-refractivity contribution is 7.87. The molecule has 2 saturated heterocycles. The summed E-state index contributed by atoms with van der Waals surface area (Å²) < 4.78 is 30.1. The van der Waals surface area contributed by atoms with E-state index in [1.165, 1.54) is 9.80 Å². The molecule has 12 nitrogen and oxygen atoms in total. The van der Waals surface area contributed by atoms with Gasteiger partial charge in [-0.3, -0.25) is 15.0 Å². The van der Waals surface area contributed by atoms with Crippen LogP contribution in [0.2, 0.25) is 0 Å². The van der Waals surface area contributed by atoms with Gasteiger partial charge in [-0.25, -0.2) is 0 Å². The number of piperidine rings is 2. The summed E-state index contributed by atoms with van der Waals surface area (Å²) in [5.41, 5.74) is 5.47.